The lowest BCUT2D eigenvalue weighted by atomic mass is 9.63. The van der Waals surface area contributed by atoms with Crippen molar-refractivity contribution >= 4 is 12.4 Å². The van der Waals surface area contributed by atoms with Gasteiger partial charge in [0.05, 0.1) is 0 Å². The molecule has 0 amide bonds. The summed E-state index contributed by atoms with van der Waals surface area (Å²) in [6.07, 6.45) is 11.3. The molecule has 0 bridgehead atoms. The molecule has 20 heavy (non-hydrogen) atoms. The molecule has 1 saturated heterocycles. The minimum Gasteiger partial charge on any atom is -0.303 e. The number of piperidine rings is 1. The van der Waals surface area contributed by atoms with Gasteiger partial charge in [-0.25, -0.2) is 0 Å². The predicted octanol–water partition coefficient (Wildman–Crippen LogP) is 4.79. The van der Waals surface area contributed by atoms with E-state index >= 15 is 0 Å². The van der Waals surface area contributed by atoms with E-state index < -0.39 is 0 Å². The summed E-state index contributed by atoms with van der Waals surface area (Å²) in [6.45, 7) is 1.29. The second-order valence-electron chi connectivity index (χ2n) is 6.58. The average Bonchev–Trinajstić information content (AvgIpc) is 2.49. The first-order valence-corrected chi connectivity index (χ1v) is 8.09. The number of likely N-dealkylation sites (N-methyl/N-ethyl adjacent to an activating group) is 1. The first-order valence-electron chi connectivity index (χ1n) is 8.09. The second kappa shape index (κ2) is 6.95. The van der Waals surface area contributed by atoms with Gasteiger partial charge in [-0.3, -0.25) is 0 Å². The minimum absolute atomic E-state index is 0. The van der Waals surface area contributed by atoms with Crippen LogP contribution in [-0.2, 0) is 5.41 Å². The van der Waals surface area contributed by atoms with E-state index in [9.17, 15) is 0 Å². The zero-order valence-corrected chi connectivity index (χ0v) is 13.5. The minimum atomic E-state index is 0. The summed E-state index contributed by atoms with van der Waals surface area (Å²) in [4.78, 5) is 2.65. The molecule has 112 valence electrons. The Labute approximate surface area is 130 Å². The molecule has 1 aromatic carbocycles. The van der Waals surface area contributed by atoms with Crippen molar-refractivity contribution < 1.29 is 0 Å². The zero-order chi connectivity index (χ0) is 13.1. The summed E-state index contributed by atoms with van der Waals surface area (Å²) in [5.41, 5.74) is 2.04. The molecule has 1 aromatic rings. The Kier molecular flexibility index (Phi) is 5.51. The molecular weight excluding hydrogens is 266 g/mol. The first-order chi connectivity index (χ1) is 9.33. The van der Waals surface area contributed by atoms with E-state index in [2.05, 4.69) is 42.3 Å². The Morgan fingerprint density at radius 3 is 2.30 bits per heavy atom. The third kappa shape index (κ3) is 2.89. The Bertz CT molecular complexity index is 397. The summed E-state index contributed by atoms with van der Waals surface area (Å²) in [5.74, 6) is 0. The molecule has 0 spiro atoms. The van der Waals surface area contributed by atoms with Crippen LogP contribution in [0.4, 0.5) is 0 Å². The van der Waals surface area contributed by atoms with Crippen LogP contribution in [0, 0.1) is 0 Å². The fourth-order valence-corrected chi connectivity index (χ4v) is 4.54. The highest BCUT2D eigenvalue weighted by Crippen LogP contribution is 2.46. The van der Waals surface area contributed by atoms with Crippen LogP contribution in [0.25, 0.3) is 0 Å². The predicted molar refractivity (Wildman–Crippen MR) is 88.7 cm³/mol. The van der Waals surface area contributed by atoms with Crippen LogP contribution in [0.3, 0.4) is 0 Å². The van der Waals surface area contributed by atoms with Gasteiger partial charge in [-0.05, 0) is 44.8 Å². The SMILES string of the molecule is CN1CCCCC1C1(c2ccccc2)CCCCC1.Cl. The Morgan fingerprint density at radius 1 is 0.950 bits per heavy atom. The van der Waals surface area contributed by atoms with Gasteiger partial charge in [0.1, 0.15) is 0 Å². The zero-order valence-electron chi connectivity index (χ0n) is 12.7. The average molecular weight is 294 g/mol. The number of benzene rings is 1. The summed E-state index contributed by atoms with van der Waals surface area (Å²) < 4.78 is 0. The molecule has 1 nitrogen and oxygen atoms in total. The van der Waals surface area contributed by atoms with Crippen LogP contribution < -0.4 is 0 Å². The molecular formula is C18H28ClN. The number of nitrogens with zero attached hydrogens (tertiary/aromatic N) is 1. The lowest BCUT2D eigenvalue weighted by Gasteiger charge is -2.50. The summed E-state index contributed by atoms with van der Waals surface area (Å²) in [6, 6.07) is 12.2. The van der Waals surface area contributed by atoms with Gasteiger partial charge in [0.25, 0.3) is 0 Å². The highest BCUT2D eigenvalue weighted by molar-refractivity contribution is 5.85. The lowest BCUT2D eigenvalue weighted by molar-refractivity contribution is 0.0769. The summed E-state index contributed by atoms with van der Waals surface area (Å²) >= 11 is 0. The van der Waals surface area contributed by atoms with Gasteiger partial charge in [-0.15, -0.1) is 12.4 Å². The third-order valence-electron chi connectivity index (χ3n) is 5.50. The first kappa shape index (κ1) is 15.9. The van der Waals surface area contributed by atoms with Crippen molar-refractivity contribution in [1.82, 2.24) is 4.90 Å². The van der Waals surface area contributed by atoms with Crippen LogP contribution in [0.1, 0.15) is 56.9 Å². The van der Waals surface area contributed by atoms with Gasteiger partial charge in [0.2, 0.25) is 0 Å². The van der Waals surface area contributed by atoms with Gasteiger partial charge in [0, 0.05) is 11.5 Å². The smallest absolute Gasteiger partial charge is 0.0189 e. The number of halogens is 1. The van der Waals surface area contributed by atoms with Gasteiger partial charge < -0.3 is 4.90 Å². The van der Waals surface area contributed by atoms with E-state index in [1.165, 1.54) is 57.9 Å². The number of hydrogen-bond donors (Lipinski definition) is 0. The highest BCUT2D eigenvalue weighted by Gasteiger charge is 2.43. The standard InChI is InChI=1S/C18H27N.ClH/c1-19-15-9-6-12-17(19)18(13-7-3-8-14-18)16-10-4-2-5-11-16;/h2,4-5,10-11,17H,3,6-9,12-15H2,1H3;1H. The van der Waals surface area contributed by atoms with Crippen LogP contribution in [0.5, 0.6) is 0 Å². The van der Waals surface area contributed by atoms with E-state index in [4.69, 9.17) is 0 Å². The van der Waals surface area contributed by atoms with Crippen LogP contribution >= 0.6 is 12.4 Å². The molecule has 3 rings (SSSR count). The molecule has 1 heterocycles. The quantitative estimate of drug-likeness (QED) is 0.757. The number of likely N-dealkylation sites (tertiary alicyclic amines) is 1. The molecule has 1 atom stereocenters. The van der Waals surface area contributed by atoms with Gasteiger partial charge in [0.15, 0.2) is 0 Å². The number of rotatable bonds is 2. The third-order valence-corrected chi connectivity index (χ3v) is 5.50. The Morgan fingerprint density at radius 2 is 1.65 bits per heavy atom. The second-order valence-corrected chi connectivity index (χ2v) is 6.58. The fraction of sp³-hybridized carbons (Fsp3) is 0.667. The van der Waals surface area contributed by atoms with Gasteiger partial charge in [-0.1, -0.05) is 56.0 Å². The molecule has 1 aliphatic carbocycles. The number of hydrogen-bond acceptors (Lipinski definition) is 1. The summed E-state index contributed by atoms with van der Waals surface area (Å²) in [7, 11) is 2.35. The van der Waals surface area contributed by atoms with Crippen LogP contribution in [0.15, 0.2) is 30.3 Å². The van der Waals surface area contributed by atoms with Crippen molar-refractivity contribution in [2.75, 3.05) is 13.6 Å². The van der Waals surface area contributed by atoms with Crippen molar-refractivity contribution in [3.05, 3.63) is 35.9 Å². The largest absolute Gasteiger partial charge is 0.303 e. The van der Waals surface area contributed by atoms with Crippen molar-refractivity contribution in [2.24, 2.45) is 0 Å². The monoisotopic (exact) mass is 293 g/mol. The molecule has 1 saturated carbocycles. The maximum Gasteiger partial charge on any atom is 0.0189 e. The highest BCUT2D eigenvalue weighted by atomic mass is 35.5. The lowest BCUT2D eigenvalue weighted by Crippen LogP contribution is -2.52. The molecule has 0 N–H and O–H groups in total. The molecule has 1 aliphatic heterocycles. The summed E-state index contributed by atoms with van der Waals surface area (Å²) in [5, 5.41) is 0. The molecule has 2 fully saturated rings. The van der Waals surface area contributed by atoms with Crippen molar-refractivity contribution in [3.63, 3.8) is 0 Å². The molecule has 0 aromatic heterocycles. The fourth-order valence-electron chi connectivity index (χ4n) is 4.54. The van der Waals surface area contributed by atoms with Gasteiger partial charge >= 0.3 is 0 Å². The van der Waals surface area contributed by atoms with E-state index in [0.29, 0.717) is 5.41 Å². The molecule has 2 aliphatic rings. The molecule has 2 heteroatoms. The molecule has 0 radical (unpaired) electrons. The van der Waals surface area contributed by atoms with E-state index in [0.717, 1.165) is 6.04 Å². The van der Waals surface area contributed by atoms with Crippen molar-refractivity contribution in [3.8, 4) is 0 Å². The van der Waals surface area contributed by atoms with E-state index in [-0.39, 0.29) is 12.4 Å². The van der Waals surface area contributed by atoms with Crippen LogP contribution in [0.2, 0.25) is 0 Å². The normalized spacial score (nSPS) is 26.8. The maximum atomic E-state index is 2.65. The topological polar surface area (TPSA) is 3.24 Å². The van der Waals surface area contributed by atoms with Gasteiger partial charge in [-0.2, -0.15) is 0 Å². The van der Waals surface area contributed by atoms with Crippen molar-refractivity contribution in [1.29, 1.82) is 0 Å². The van der Waals surface area contributed by atoms with Crippen LogP contribution in [-0.4, -0.2) is 24.5 Å². The Hall–Kier alpha value is -0.530. The molecule has 1 unspecified atom stereocenters. The van der Waals surface area contributed by atoms with E-state index in [1.54, 1.807) is 5.56 Å². The van der Waals surface area contributed by atoms with Crippen molar-refractivity contribution in [2.45, 2.75) is 62.8 Å². The maximum absolute atomic E-state index is 2.65. The Balaban J connectivity index is 0.00000147. The van der Waals surface area contributed by atoms with E-state index in [1.807, 2.05) is 0 Å².